The topological polar surface area (TPSA) is 83.9 Å². The fourth-order valence-electron chi connectivity index (χ4n) is 3.33. The van der Waals surface area contributed by atoms with Crippen molar-refractivity contribution in [2.24, 2.45) is 0 Å². The average molecular weight is 444 g/mol. The predicted octanol–water partition coefficient (Wildman–Crippen LogP) is 3.74. The zero-order valence-corrected chi connectivity index (χ0v) is 19.6. The molecule has 29 heavy (non-hydrogen) atoms. The van der Waals surface area contributed by atoms with Crippen LogP contribution in [0, 0.1) is 6.92 Å². The van der Waals surface area contributed by atoms with Crippen LogP contribution in [0.4, 0.5) is 0 Å². The molecular weight excluding hydrogens is 410 g/mol. The number of rotatable bonds is 8. The molecule has 0 spiro atoms. The van der Waals surface area contributed by atoms with Crippen LogP contribution in [-0.2, 0) is 19.6 Å². The molecule has 0 aromatic heterocycles. The van der Waals surface area contributed by atoms with Crippen molar-refractivity contribution >= 4 is 27.8 Å². The normalized spacial score (nSPS) is 19.3. The summed E-state index contributed by atoms with van der Waals surface area (Å²) in [5, 5.41) is 9.22. The van der Waals surface area contributed by atoms with Crippen LogP contribution in [0.5, 0.6) is 0 Å². The molecule has 1 saturated heterocycles. The molecule has 1 aliphatic rings. The van der Waals surface area contributed by atoms with E-state index in [0.29, 0.717) is 30.7 Å². The van der Waals surface area contributed by atoms with Crippen LogP contribution in [0.25, 0.3) is 0 Å². The van der Waals surface area contributed by atoms with Crippen LogP contribution >= 0.6 is 11.8 Å². The molecule has 0 saturated carbocycles. The molecule has 0 radical (unpaired) electrons. The van der Waals surface area contributed by atoms with Gasteiger partial charge in [0.2, 0.25) is 10.0 Å². The fourth-order valence-corrected chi connectivity index (χ4v) is 6.65. The molecule has 0 aliphatic carbocycles. The summed E-state index contributed by atoms with van der Waals surface area (Å²) in [4.78, 5) is 13.5. The maximum Gasteiger partial charge on any atom is 0.324 e. The minimum absolute atomic E-state index is 0.120. The highest BCUT2D eigenvalue weighted by Crippen LogP contribution is 2.36. The van der Waals surface area contributed by atoms with Gasteiger partial charge >= 0.3 is 5.97 Å². The average Bonchev–Trinajstić information content (AvgIpc) is 3.09. The third-order valence-corrected chi connectivity index (χ3v) is 7.99. The van der Waals surface area contributed by atoms with Crippen molar-refractivity contribution in [1.29, 1.82) is 0 Å². The van der Waals surface area contributed by atoms with Crippen molar-refractivity contribution in [3.63, 3.8) is 0 Å². The standard InChI is InChI=1S/C21H33NO5S2/c1-15-10-11-19(18(14-15)28-16(2)8-7-13-23)29(25,26)22-12-6-9-17(22)20(24)27-21(3,4)5/h10-11,14,16-17,23H,6-9,12-13H2,1-5H3/t16?,17-/m0/s1. The van der Waals surface area contributed by atoms with E-state index in [4.69, 9.17) is 9.84 Å². The summed E-state index contributed by atoms with van der Waals surface area (Å²) in [5.41, 5.74) is 0.313. The van der Waals surface area contributed by atoms with Crippen LogP contribution in [0.1, 0.15) is 58.9 Å². The highest BCUT2D eigenvalue weighted by molar-refractivity contribution is 8.00. The van der Waals surface area contributed by atoms with E-state index in [9.17, 15) is 13.2 Å². The van der Waals surface area contributed by atoms with E-state index < -0.39 is 27.6 Å². The Kier molecular flexibility index (Phi) is 8.18. The molecule has 1 N–H and O–H groups in total. The van der Waals surface area contributed by atoms with Gasteiger partial charge in [0, 0.05) is 23.3 Å². The van der Waals surface area contributed by atoms with Gasteiger partial charge in [-0.25, -0.2) is 8.42 Å². The lowest BCUT2D eigenvalue weighted by Crippen LogP contribution is -2.43. The van der Waals surface area contributed by atoms with Crippen molar-refractivity contribution in [2.75, 3.05) is 13.2 Å². The summed E-state index contributed by atoms with van der Waals surface area (Å²) < 4.78 is 33.8. The second-order valence-electron chi connectivity index (χ2n) is 8.55. The molecule has 6 nitrogen and oxygen atoms in total. The van der Waals surface area contributed by atoms with Crippen molar-refractivity contribution in [3.8, 4) is 0 Å². The van der Waals surface area contributed by atoms with Gasteiger partial charge in [0.05, 0.1) is 4.90 Å². The van der Waals surface area contributed by atoms with Gasteiger partial charge in [-0.15, -0.1) is 11.8 Å². The molecule has 1 aromatic rings. The van der Waals surface area contributed by atoms with E-state index in [1.165, 1.54) is 16.1 Å². The zero-order chi connectivity index (χ0) is 21.8. The quantitative estimate of drug-likeness (QED) is 0.487. The predicted molar refractivity (Wildman–Crippen MR) is 116 cm³/mol. The molecule has 0 bridgehead atoms. The van der Waals surface area contributed by atoms with Crippen molar-refractivity contribution in [1.82, 2.24) is 4.31 Å². The third-order valence-electron chi connectivity index (χ3n) is 4.67. The lowest BCUT2D eigenvalue weighted by molar-refractivity contribution is -0.158. The van der Waals surface area contributed by atoms with E-state index in [1.807, 2.05) is 19.9 Å². The van der Waals surface area contributed by atoms with Crippen molar-refractivity contribution in [2.45, 2.75) is 87.0 Å². The minimum Gasteiger partial charge on any atom is -0.459 e. The number of nitrogens with zero attached hydrogens (tertiary/aromatic N) is 1. The van der Waals surface area contributed by atoms with Crippen molar-refractivity contribution in [3.05, 3.63) is 23.8 Å². The first-order valence-electron chi connectivity index (χ1n) is 10.1. The van der Waals surface area contributed by atoms with E-state index in [1.54, 1.807) is 32.9 Å². The van der Waals surface area contributed by atoms with Crippen LogP contribution in [-0.4, -0.2) is 53.8 Å². The molecule has 164 valence electrons. The smallest absolute Gasteiger partial charge is 0.324 e. The number of benzene rings is 1. The van der Waals surface area contributed by atoms with Crippen LogP contribution in [0.2, 0.25) is 0 Å². The summed E-state index contributed by atoms with van der Waals surface area (Å²) in [6, 6.07) is 4.51. The maximum absolute atomic E-state index is 13.5. The monoisotopic (exact) mass is 443 g/mol. The maximum atomic E-state index is 13.5. The summed E-state index contributed by atoms with van der Waals surface area (Å²) in [5.74, 6) is -0.490. The summed E-state index contributed by atoms with van der Waals surface area (Å²) in [6.45, 7) is 9.72. The molecule has 8 heteroatoms. The Balaban J connectivity index is 2.33. The van der Waals surface area contributed by atoms with Crippen molar-refractivity contribution < 1.29 is 23.1 Å². The number of hydrogen-bond acceptors (Lipinski definition) is 6. The Morgan fingerprint density at radius 2 is 2.07 bits per heavy atom. The first-order chi connectivity index (χ1) is 13.5. The Bertz CT molecular complexity index is 817. The highest BCUT2D eigenvalue weighted by Gasteiger charge is 2.42. The molecule has 2 rings (SSSR count). The van der Waals surface area contributed by atoms with E-state index in [2.05, 4.69) is 0 Å². The van der Waals surface area contributed by atoms with Gasteiger partial charge in [0.15, 0.2) is 0 Å². The van der Waals surface area contributed by atoms with E-state index >= 15 is 0 Å². The molecule has 2 atom stereocenters. The Morgan fingerprint density at radius 3 is 2.69 bits per heavy atom. The summed E-state index contributed by atoms with van der Waals surface area (Å²) in [6.07, 6.45) is 2.56. The highest BCUT2D eigenvalue weighted by atomic mass is 32.2. The van der Waals surface area contributed by atoms with Gasteiger partial charge in [-0.05, 0) is 71.1 Å². The number of ether oxygens (including phenoxy) is 1. The lowest BCUT2D eigenvalue weighted by atomic mass is 10.2. The molecule has 1 fully saturated rings. The second kappa shape index (κ2) is 9.81. The lowest BCUT2D eigenvalue weighted by Gasteiger charge is -2.27. The molecule has 1 aliphatic heterocycles. The molecule has 0 amide bonds. The van der Waals surface area contributed by atoms with E-state index in [-0.39, 0.29) is 16.8 Å². The van der Waals surface area contributed by atoms with Gasteiger partial charge in [0.1, 0.15) is 11.6 Å². The number of aliphatic hydroxyl groups excluding tert-OH is 1. The van der Waals surface area contributed by atoms with Crippen LogP contribution in [0.3, 0.4) is 0 Å². The first-order valence-corrected chi connectivity index (χ1v) is 12.4. The number of esters is 1. The van der Waals surface area contributed by atoms with Gasteiger partial charge < -0.3 is 9.84 Å². The Labute approximate surface area is 179 Å². The Morgan fingerprint density at radius 1 is 1.38 bits per heavy atom. The van der Waals surface area contributed by atoms with Gasteiger partial charge in [-0.3, -0.25) is 4.79 Å². The number of sulfonamides is 1. The molecule has 1 unspecified atom stereocenters. The van der Waals surface area contributed by atoms with Crippen LogP contribution in [0.15, 0.2) is 28.0 Å². The van der Waals surface area contributed by atoms with E-state index in [0.717, 1.165) is 12.0 Å². The zero-order valence-electron chi connectivity index (χ0n) is 18.0. The number of carbonyl (C=O) groups excluding carboxylic acids is 1. The largest absolute Gasteiger partial charge is 0.459 e. The minimum atomic E-state index is -3.84. The van der Waals surface area contributed by atoms with Crippen LogP contribution < -0.4 is 0 Å². The second-order valence-corrected chi connectivity index (χ2v) is 11.9. The third kappa shape index (κ3) is 6.44. The Hall–Kier alpha value is -1.09. The number of thioether (sulfide) groups is 1. The van der Waals surface area contributed by atoms with Gasteiger partial charge in [-0.1, -0.05) is 13.0 Å². The van der Waals surface area contributed by atoms with Gasteiger partial charge in [-0.2, -0.15) is 4.31 Å². The molecular formula is C21H33NO5S2. The SMILES string of the molecule is Cc1ccc(S(=O)(=O)N2CCC[C@H]2C(=O)OC(C)(C)C)c(SC(C)CCCO)c1. The summed E-state index contributed by atoms with van der Waals surface area (Å²) in [7, 11) is -3.84. The first kappa shape index (κ1) is 24.2. The molecule has 1 heterocycles. The van der Waals surface area contributed by atoms with Gasteiger partial charge in [0.25, 0.3) is 0 Å². The number of hydrogen-bond donors (Lipinski definition) is 1. The fraction of sp³-hybridized carbons (Fsp3) is 0.667. The number of carbonyl (C=O) groups is 1. The number of aryl methyl sites for hydroxylation is 1. The molecule has 1 aromatic carbocycles. The number of aliphatic hydroxyl groups is 1. The summed E-state index contributed by atoms with van der Waals surface area (Å²) >= 11 is 1.50.